The summed E-state index contributed by atoms with van der Waals surface area (Å²) >= 11 is 0. The number of benzene rings is 1. The predicted molar refractivity (Wildman–Crippen MR) is 85.3 cm³/mol. The van der Waals surface area contributed by atoms with Crippen molar-refractivity contribution in [3.05, 3.63) is 29.1 Å². The average molecular weight is 294 g/mol. The van der Waals surface area contributed by atoms with Crippen molar-refractivity contribution < 1.29 is 9.50 Å². The Hall–Kier alpha value is -1.13. The summed E-state index contributed by atoms with van der Waals surface area (Å²) in [6, 6.07) is 4.26. The molecule has 0 aliphatic heterocycles. The first-order valence-electron chi connectivity index (χ1n) is 7.93. The second kappa shape index (κ2) is 7.23. The molecule has 0 aromatic heterocycles. The number of hydrogen-bond donors (Lipinski definition) is 2. The highest BCUT2D eigenvalue weighted by Gasteiger charge is 2.27. The molecule has 0 spiro atoms. The monoisotopic (exact) mass is 294 g/mol. The van der Waals surface area contributed by atoms with E-state index in [0.717, 1.165) is 24.2 Å². The van der Waals surface area contributed by atoms with Gasteiger partial charge in [-0.2, -0.15) is 0 Å². The predicted octanol–water partition coefficient (Wildman–Crippen LogP) is 3.16. The quantitative estimate of drug-likeness (QED) is 0.811. The van der Waals surface area contributed by atoms with Crippen molar-refractivity contribution in [2.45, 2.75) is 51.6 Å². The summed E-state index contributed by atoms with van der Waals surface area (Å²) in [5, 5.41) is 12.4. The van der Waals surface area contributed by atoms with Gasteiger partial charge < -0.3 is 15.3 Å². The largest absolute Gasteiger partial charge is 0.396 e. The lowest BCUT2D eigenvalue weighted by Gasteiger charge is -2.41. The molecule has 1 fully saturated rings. The second-order valence-corrected chi connectivity index (χ2v) is 6.03. The molecule has 1 aromatic rings. The minimum absolute atomic E-state index is 0.104. The number of rotatable bonds is 7. The number of anilines is 1. The summed E-state index contributed by atoms with van der Waals surface area (Å²) < 4.78 is 14.0. The third kappa shape index (κ3) is 3.55. The first kappa shape index (κ1) is 16.2. The van der Waals surface area contributed by atoms with Crippen molar-refractivity contribution in [2.75, 3.05) is 25.1 Å². The van der Waals surface area contributed by atoms with Gasteiger partial charge >= 0.3 is 0 Å². The maximum absolute atomic E-state index is 14.0. The SMILES string of the molecule is CNC(C)c1cc(F)c(C)cc1N(CCCO)C1CCC1. The molecule has 1 aliphatic rings. The Morgan fingerprint density at radius 3 is 2.67 bits per heavy atom. The zero-order chi connectivity index (χ0) is 15.4. The first-order valence-corrected chi connectivity index (χ1v) is 7.93. The topological polar surface area (TPSA) is 35.5 Å². The molecule has 1 atom stereocenters. The van der Waals surface area contributed by atoms with Gasteiger partial charge in [0.15, 0.2) is 0 Å². The first-order chi connectivity index (χ1) is 10.1. The van der Waals surface area contributed by atoms with Gasteiger partial charge in [-0.1, -0.05) is 0 Å². The molecule has 2 rings (SSSR count). The molecule has 3 nitrogen and oxygen atoms in total. The highest BCUT2D eigenvalue weighted by molar-refractivity contribution is 5.58. The fraction of sp³-hybridized carbons (Fsp3) is 0.647. The van der Waals surface area contributed by atoms with Crippen LogP contribution in [0.3, 0.4) is 0 Å². The molecule has 21 heavy (non-hydrogen) atoms. The summed E-state index contributed by atoms with van der Waals surface area (Å²) in [5.74, 6) is -0.147. The van der Waals surface area contributed by atoms with Crippen molar-refractivity contribution >= 4 is 5.69 Å². The van der Waals surface area contributed by atoms with Crippen LogP contribution < -0.4 is 10.2 Å². The Kier molecular flexibility index (Phi) is 5.59. The van der Waals surface area contributed by atoms with E-state index in [2.05, 4.69) is 17.1 Å². The smallest absolute Gasteiger partial charge is 0.126 e. The molecule has 118 valence electrons. The lowest BCUT2D eigenvalue weighted by atomic mass is 9.89. The van der Waals surface area contributed by atoms with E-state index < -0.39 is 0 Å². The minimum Gasteiger partial charge on any atom is -0.396 e. The zero-order valence-electron chi connectivity index (χ0n) is 13.3. The fourth-order valence-corrected chi connectivity index (χ4v) is 2.87. The molecule has 1 unspecified atom stereocenters. The number of aliphatic hydroxyl groups is 1. The highest BCUT2D eigenvalue weighted by atomic mass is 19.1. The van der Waals surface area contributed by atoms with Gasteiger partial charge in [0.05, 0.1) is 0 Å². The molecule has 2 N–H and O–H groups in total. The van der Waals surface area contributed by atoms with Crippen LogP contribution in [0, 0.1) is 12.7 Å². The third-order valence-electron chi connectivity index (χ3n) is 4.59. The van der Waals surface area contributed by atoms with Crippen molar-refractivity contribution in [3.63, 3.8) is 0 Å². The van der Waals surface area contributed by atoms with Crippen LogP contribution in [0.4, 0.5) is 10.1 Å². The molecule has 4 heteroatoms. The van der Waals surface area contributed by atoms with Gasteiger partial charge in [0.1, 0.15) is 5.82 Å². The second-order valence-electron chi connectivity index (χ2n) is 6.03. The lowest BCUT2D eigenvalue weighted by molar-refractivity contribution is 0.282. The Balaban J connectivity index is 2.38. The van der Waals surface area contributed by atoms with Crippen molar-refractivity contribution in [3.8, 4) is 0 Å². The summed E-state index contributed by atoms with van der Waals surface area (Å²) in [5.41, 5.74) is 2.81. The Bertz CT molecular complexity index is 474. The van der Waals surface area contributed by atoms with Crippen LogP contribution in [0.2, 0.25) is 0 Å². The average Bonchev–Trinajstić information content (AvgIpc) is 2.43. The Morgan fingerprint density at radius 1 is 1.43 bits per heavy atom. The van der Waals surface area contributed by atoms with Crippen molar-refractivity contribution in [1.29, 1.82) is 0 Å². The van der Waals surface area contributed by atoms with E-state index in [1.165, 1.54) is 19.3 Å². The Labute approximate surface area is 127 Å². The van der Waals surface area contributed by atoms with E-state index in [1.54, 1.807) is 6.07 Å². The van der Waals surface area contributed by atoms with Gasteiger partial charge in [-0.25, -0.2) is 4.39 Å². The van der Waals surface area contributed by atoms with Gasteiger partial charge in [0.25, 0.3) is 0 Å². The molecule has 1 aromatic carbocycles. The maximum atomic E-state index is 14.0. The highest BCUT2D eigenvalue weighted by Crippen LogP contribution is 2.35. The summed E-state index contributed by atoms with van der Waals surface area (Å²) in [4.78, 5) is 2.37. The number of nitrogens with zero attached hydrogens (tertiary/aromatic N) is 1. The van der Waals surface area contributed by atoms with E-state index in [1.807, 2.05) is 20.0 Å². The zero-order valence-corrected chi connectivity index (χ0v) is 13.3. The number of aryl methyl sites for hydroxylation is 1. The number of nitrogens with one attached hydrogen (secondary N) is 1. The molecule has 1 aliphatic carbocycles. The standard InChI is InChI=1S/C17H27FN2O/c1-12-10-17(15(11-16(12)18)13(2)19-3)20(8-5-9-21)14-6-4-7-14/h10-11,13-14,19,21H,4-9H2,1-3H3. The van der Waals surface area contributed by atoms with Gasteiger partial charge in [-0.3, -0.25) is 0 Å². The maximum Gasteiger partial charge on any atom is 0.126 e. The molecular formula is C17H27FN2O. The summed E-state index contributed by atoms with van der Waals surface area (Å²) in [6.45, 7) is 4.90. The van der Waals surface area contributed by atoms with Gasteiger partial charge in [-0.05, 0) is 69.8 Å². The van der Waals surface area contributed by atoms with Crippen LogP contribution in [0.1, 0.15) is 49.8 Å². The van der Waals surface area contributed by atoms with E-state index >= 15 is 0 Å². The normalized spacial score (nSPS) is 16.6. The molecule has 0 radical (unpaired) electrons. The van der Waals surface area contributed by atoms with Crippen LogP contribution in [0.5, 0.6) is 0 Å². The van der Waals surface area contributed by atoms with Crippen LogP contribution in [-0.4, -0.2) is 31.3 Å². The molecule has 0 heterocycles. The van der Waals surface area contributed by atoms with Gasteiger partial charge in [0, 0.05) is 30.9 Å². The third-order valence-corrected chi connectivity index (χ3v) is 4.59. The minimum atomic E-state index is -0.147. The van der Waals surface area contributed by atoms with Crippen LogP contribution in [-0.2, 0) is 0 Å². The number of hydrogen-bond acceptors (Lipinski definition) is 3. The summed E-state index contributed by atoms with van der Waals surface area (Å²) in [6.07, 6.45) is 4.39. The van der Waals surface area contributed by atoms with E-state index in [-0.39, 0.29) is 18.5 Å². The van der Waals surface area contributed by atoms with Gasteiger partial charge in [-0.15, -0.1) is 0 Å². The van der Waals surface area contributed by atoms with Crippen LogP contribution in [0.15, 0.2) is 12.1 Å². The van der Waals surface area contributed by atoms with E-state index in [0.29, 0.717) is 11.6 Å². The van der Waals surface area contributed by atoms with E-state index in [4.69, 9.17) is 5.11 Å². The van der Waals surface area contributed by atoms with Crippen LogP contribution in [0.25, 0.3) is 0 Å². The van der Waals surface area contributed by atoms with E-state index in [9.17, 15) is 4.39 Å². The van der Waals surface area contributed by atoms with Gasteiger partial charge in [0.2, 0.25) is 0 Å². The van der Waals surface area contributed by atoms with Crippen molar-refractivity contribution in [1.82, 2.24) is 5.32 Å². The van der Waals surface area contributed by atoms with Crippen LogP contribution >= 0.6 is 0 Å². The lowest BCUT2D eigenvalue weighted by Crippen LogP contribution is -2.42. The molecular weight excluding hydrogens is 267 g/mol. The Morgan fingerprint density at radius 2 is 2.14 bits per heavy atom. The molecule has 0 bridgehead atoms. The molecule has 0 saturated heterocycles. The number of aliphatic hydroxyl groups excluding tert-OH is 1. The fourth-order valence-electron chi connectivity index (χ4n) is 2.87. The molecule has 1 saturated carbocycles. The summed E-state index contributed by atoms with van der Waals surface area (Å²) in [7, 11) is 1.90. The van der Waals surface area contributed by atoms with Crippen molar-refractivity contribution in [2.24, 2.45) is 0 Å². The molecule has 0 amide bonds. The number of halogens is 1.